The molecular formula is C15H21N3O2S. The van der Waals surface area contributed by atoms with E-state index in [-0.39, 0.29) is 11.7 Å². The molecule has 1 aliphatic rings. The van der Waals surface area contributed by atoms with Gasteiger partial charge in [0.2, 0.25) is 0 Å². The first-order valence-corrected chi connectivity index (χ1v) is 8.28. The van der Waals surface area contributed by atoms with Crippen LogP contribution in [-0.2, 0) is 0 Å². The predicted octanol–water partition coefficient (Wildman–Crippen LogP) is 2.59. The highest BCUT2D eigenvalue weighted by molar-refractivity contribution is 7.98. The minimum absolute atomic E-state index is 0.0938. The van der Waals surface area contributed by atoms with Crippen LogP contribution in [0.3, 0.4) is 0 Å². The highest BCUT2D eigenvalue weighted by Gasteiger charge is 2.38. The average molecular weight is 307 g/mol. The Morgan fingerprint density at radius 2 is 1.90 bits per heavy atom. The second-order valence-electron chi connectivity index (χ2n) is 5.31. The Bertz CT molecular complexity index is 522. The summed E-state index contributed by atoms with van der Waals surface area (Å²) in [5.41, 5.74) is 5.70. The van der Waals surface area contributed by atoms with Crippen LogP contribution < -0.4 is 11.1 Å². The van der Waals surface area contributed by atoms with Crippen LogP contribution >= 0.6 is 11.8 Å². The quantitative estimate of drug-likeness (QED) is 0.262. The number of amides is 1. The number of nitrogens with two attached hydrogens (primary N) is 1. The molecule has 0 aliphatic heterocycles. The molecule has 0 spiro atoms. The number of benzene rings is 1. The first-order valence-electron chi connectivity index (χ1n) is 7.06. The van der Waals surface area contributed by atoms with Crippen LogP contribution in [0.25, 0.3) is 0 Å². The molecule has 21 heavy (non-hydrogen) atoms. The smallest absolute Gasteiger partial charge is 0.252 e. The zero-order chi connectivity index (χ0) is 15.3. The molecule has 0 unspecified atom stereocenters. The topological polar surface area (TPSA) is 87.7 Å². The second-order valence-corrected chi connectivity index (χ2v) is 6.19. The lowest BCUT2D eigenvalue weighted by molar-refractivity contribution is 0.0905. The van der Waals surface area contributed by atoms with Gasteiger partial charge < -0.3 is 16.3 Å². The van der Waals surface area contributed by atoms with Crippen LogP contribution in [0.5, 0.6) is 0 Å². The number of amidine groups is 1. The van der Waals surface area contributed by atoms with E-state index in [9.17, 15) is 4.79 Å². The van der Waals surface area contributed by atoms with Crippen molar-refractivity contribution >= 4 is 23.5 Å². The molecule has 1 saturated carbocycles. The van der Waals surface area contributed by atoms with Gasteiger partial charge in [-0.3, -0.25) is 4.79 Å². The zero-order valence-corrected chi connectivity index (χ0v) is 12.9. The maximum atomic E-state index is 12.4. The van der Waals surface area contributed by atoms with Crippen LogP contribution in [-0.4, -0.2) is 28.7 Å². The molecule has 5 nitrogen and oxygen atoms in total. The van der Waals surface area contributed by atoms with Gasteiger partial charge in [-0.05, 0) is 43.4 Å². The van der Waals surface area contributed by atoms with Crippen molar-refractivity contribution in [3.8, 4) is 0 Å². The van der Waals surface area contributed by atoms with Gasteiger partial charge in [0.25, 0.3) is 5.91 Å². The SMILES string of the molecule is CSc1ccc(C(=O)NC2(C(N)=NO)CCCCC2)cc1. The molecule has 114 valence electrons. The summed E-state index contributed by atoms with van der Waals surface area (Å²) in [5.74, 6) is -0.0903. The molecule has 1 aromatic rings. The third-order valence-corrected chi connectivity index (χ3v) is 4.75. The minimum Gasteiger partial charge on any atom is -0.409 e. The fraction of sp³-hybridized carbons (Fsp3) is 0.467. The Hall–Kier alpha value is -1.69. The van der Waals surface area contributed by atoms with Crippen LogP contribution in [0.4, 0.5) is 0 Å². The van der Waals surface area contributed by atoms with Crippen LogP contribution in [0.2, 0.25) is 0 Å². The Morgan fingerprint density at radius 1 is 1.29 bits per heavy atom. The number of oxime groups is 1. The van der Waals surface area contributed by atoms with Gasteiger partial charge >= 0.3 is 0 Å². The standard InChI is InChI=1S/C15H21N3O2S/c1-21-12-7-5-11(6-8-12)13(19)17-15(14(16)18-20)9-3-2-4-10-15/h5-8,20H,2-4,9-10H2,1H3,(H2,16,18)(H,17,19). The first-order chi connectivity index (χ1) is 10.1. The van der Waals surface area contributed by atoms with E-state index in [1.54, 1.807) is 23.9 Å². The van der Waals surface area contributed by atoms with Crippen molar-refractivity contribution in [1.29, 1.82) is 0 Å². The maximum Gasteiger partial charge on any atom is 0.252 e. The second kappa shape index (κ2) is 6.85. The third-order valence-electron chi connectivity index (χ3n) is 4.01. The maximum absolute atomic E-state index is 12.4. The highest BCUT2D eigenvalue weighted by atomic mass is 32.2. The van der Waals surface area contributed by atoms with E-state index in [0.29, 0.717) is 18.4 Å². The van der Waals surface area contributed by atoms with Gasteiger partial charge in [-0.25, -0.2) is 0 Å². The van der Waals surface area contributed by atoms with Crippen LogP contribution in [0.1, 0.15) is 42.5 Å². The summed E-state index contributed by atoms with van der Waals surface area (Å²) >= 11 is 1.63. The van der Waals surface area contributed by atoms with Gasteiger partial charge in [-0.2, -0.15) is 0 Å². The van der Waals surface area contributed by atoms with Gasteiger partial charge in [0.05, 0.1) is 0 Å². The van der Waals surface area contributed by atoms with E-state index in [1.807, 2.05) is 18.4 Å². The molecule has 1 aromatic carbocycles. The molecule has 0 saturated heterocycles. The van der Waals surface area contributed by atoms with Gasteiger partial charge in [0.15, 0.2) is 5.84 Å². The fourth-order valence-electron chi connectivity index (χ4n) is 2.73. The number of carbonyl (C=O) groups is 1. The van der Waals surface area contributed by atoms with Crippen molar-refractivity contribution in [2.45, 2.75) is 42.5 Å². The van der Waals surface area contributed by atoms with E-state index in [1.165, 1.54) is 0 Å². The lowest BCUT2D eigenvalue weighted by Crippen LogP contribution is -2.58. The zero-order valence-electron chi connectivity index (χ0n) is 12.1. The first kappa shape index (κ1) is 15.7. The van der Waals surface area contributed by atoms with Crippen molar-refractivity contribution in [2.24, 2.45) is 10.9 Å². The molecule has 4 N–H and O–H groups in total. The number of thioether (sulfide) groups is 1. The summed E-state index contributed by atoms with van der Waals surface area (Å²) in [7, 11) is 0. The third kappa shape index (κ3) is 3.50. The molecule has 1 aliphatic carbocycles. The van der Waals surface area contributed by atoms with Crippen molar-refractivity contribution in [3.05, 3.63) is 29.8 Å². The molecule has 1 amide bonds. The Labute approximate surface area is 129 Å². The fourth-order valence-corrected chi connectivity index (χ4v) is 3.14. The summed E-state index contributed by atoms with van der Waals surface area (Å²) in [4.78, 5) is 13.5. The summed E-state index contributed by atoms with van der Waals surface area (Å²) < 4.78 is 0. The van der Waals surface area contributed by atoms with E-state index in [0.717, 1.165) is 24.2 Å². The van der Waals surface area contributed by atoms with E-state index >= 15 is 0 Å². The predicted molar refractivity (Wildman–Crippen MR) is 84.9 cm³/mol. The van der Waals surface area contributed by atoms with Crippen molar-refractivity contribution in [3.63, 3.8) is 0 Å². The molecule has 0 radical (unpaired) electrons. The lowest BCUT2D eigenvalue weighted by Gasteiger charge is -2.36. The van der Waals surface area contributed by atoms with Gasteiger partial charge in [-0.15, -0.1) is 11.8 Å². The van der Waals surface area contributed by atoms with Gasteiger partial charge in [0, 0.05) is 10.5 Å². The molecular weight excluding hydrogens is 286 g/mol. The molecule has 0 heterocycles. The lowest BCUT2D eigenvalue weighted by atomic mass is 9.80. The molecule has 0 atom stereocenters. The molecule has 2 rings (SSSR count). The number of nitrogens with zero attached hydrogens (tertiary/aromatic N) is 1. The largest absolute Gasteiger partial charge is 0.409 e. The van der Waals surface area contributed by atoms with Crippen LogP contribution in [0.15, 0.2) is 34.3 Å². The molecule has 1 fully saturated rings. The highest BCUT2D eigenvalue weighted by Crippen LogP contribution is 2.29. The number of hydrogen-bond donors (Lipinski definition) is 3. The van der Waals surface area contributed by atoms with E-state index in [4.69, 9.17) is 10.9 Å². The average Bonchev–Trinajstić information content (AvgIpc) is 2.55. The number of carbonyl (C=O) groups excluding carboxylic acids is 1. The van der Waals surface area contributed by atoms with E-state index < -0.39 is 5.54 Å². The van der Waals surface area contributed by atoms with Gasteiger partial charge in [0.1, 0.15) is 5.54 Å². The van der Waals surface area contributed by atoms with Crippen molar-refractivity contribution in [2.75, 3.05) is 6.26 Å². The molecule has 6 heteroatoms. The normalized spacial score (nSPS) is 18.2. The molecule has 0 bridgehead atoms. The summed E-state index contributed by atoms with van der Waals surface area (Å²) in [5, 5.41) is 15.1. The Kier molecular flexibility index (Phi) is 5.12. The number of hydrogen-bond acceptors (Lipinski definition) is 4. The number of rotatable bonds is 4. The Balaban J connectivity index is 2.17. The monoisotopic (exact) mass is 307 g/mol. The summed E-state index contributed by atoms with van der Waals surface area (Å²) in [6, 6.07) is 7.42. The number of nitrogens with one attached hydrogen (secondary N) is 1. The van der Waals surface area contributed by atoms with Crippen LogP contribution in [0, 0.1) is 0 Å². The molecule has 0 aromatic heterocycles. The minimum atomic E-state index is -0.720. The summed E-state index contributed by atoms with van der Waals surface area (Å²) in [6.07, 6.45) is 6.43. The van der Waals surface area contributed by atoms with Crippen molar-refractivity contribution < 1.29 is 10.0 Å². The van der Waals surface area contributed by atoms with Crippen molar-refractivity contribution in [1.82, 2.24) is 5.32 Å². The summed E-state index contributed by atoms with van der Waals surface area (Å²) in [6.45, 7) is 0. The van der Waals surface area contributed by atoms with Gasteiger partial charge in [-0.1, -0.05) is 24.4 Å². The van der Waals surface area contributed by atoms with E-state index in [2.05, 4.69) is 10.5 Å². The Morgan fingerprint density at radius 3 is 2.43 bits per heavy atom.